The Morgan fingerprint density at radius 2 is 1.35 bits per heavy atom. The van der Waals surface area contributed by atoms with Crippen molar-refractivity contribution in [1.82, 2.24) is 10.6 Å². The van der Waals surface area contributed by atoms with Crippen molar-refractivity contribution in [1.29, 1.82) is 0 Å². The molecule has 0 atom stereocenters. The number of nitrogens with zero attached hydrogens (tertiary/aromatic N) is 1. The van der Waals surface area contributed by atoms with Crippen molar-refractivity contribution in [3.8, 4) is 0 Å². The van der Waals surface area contributed by atoms with Gasteiger partial charge in [0.25, 0.3) is 0 Å². The molecule has 0 saturated heterocycles. The van der Waals surface area contributed by atoms with Crippen LogP contribution in [0.3, 0.4) is 0 Å². The normalized spacial score (nSPS) is 12.1. The average Bonchev–Trinajstić information content (AvgIpc) is 2.75. The molecule has 2 aromatic carbocycles. The summed E-state index contributed by atoms with van der Waals surface area (Å²) in [5.74, 6) is 0.693. The van der Waals surface area contributed by atoms with Gasteiger partial charge in [0.05, 0.1) is 19.8 Å². The molecular weight excluding hydrogens is 407 g/mol. The molecule has 0 radical (unpaired) electrons. The van der Waals surface area contributed by atoms with Gasteiger partial charge in [0.2, 0.25) is 0 Å². The van der Waals surface area contributed by atoms with E-state index in [1.807, 2.05) is 50.2 Å². The second kappa shape index (κ2) is 13.0. The van der Waals surface area contributed by atoms with E-state index in [-0.39, 0.29) is 6.61 Å². The summed E-state index contributed by atoms with van der Waals surface area (Å²) in [6.45, 7) is 5.77. The molecule has 0 aliphatic heterocycles. The fourth-order valence-corrected chi connectivity index (χ4v) is 2.70. The molecule has 5 nitrogen and oxygen atoms in total. The molecule has 0 bridgehead atoms. The van der Waals surface area contributed by atoms with Crippen LogP contribution in [0.25, 0.3) is 0 Å². The van der Waals surface area contributed by atoms with Crippen LogP contribution in [0.5, 0.6) is 0 Å². The first-order valence-electron chi connectivity index (χ1n) is 10.3. The lowest BCUT2D eigenvalue weighted by Crippen LogP contribution is -2.36. The maximum absolute atomic E-state index is 12.1. The fraction of sp³-hybridized carbons (Fsp3) is 0.435. The summed E-state index contributed by atoms with van der Waals surface area (Å²) in [5.41, 5.74) is 3.92. The molecule has 31 heavy (non-hydrogen) atoms. The minimum atomic E-state index is -4.31. The van der Waals surface area contributed by atoms with Crippen LogP contribution in [0.2, 0.25) is 0 Å². The zero-order valence-corrected chi connectivity index (χ0v) is 18.0. The van der Waals surface area contributed by atoms with Crippen molar-refractivity contribution in [2.75, 3.05) is 19.8 Å². The minimum Gasteiger partial charge on any atom is -0.377 e. The minimum absolute atomic E-state index is 0.0688. The highest BCUT2D eigenvalue weighted by atomic mass is 19.4. The standard InChI is InChI=1S/C23H30F3N3O2/c1-3-27-22(28-13-18-5-9-20(10-6-18)15-30-4-2)29-14-19-7-11-21(12-8-19)16-31-17-23(24,25)26/h5-12H,3-4,13-17H2,1-2H3,(H2,27,28,29). The van der Waals surface area contributed by atoms with Crippen molar-refractivity contribution in [2.45, 2.75) is 46.3 Å². The van der Waals surface area contributed by atoms with Crippen molar-refractivity contribution >= 4 is 5.96 Å². The molecule has 2 aromatic rings. The van der Waals surface area contributed by atoms with Gasteiger partial charge in [0, 0.05) is 19.7 Å². The van der Waals surface area contributed by atoms with Gasteiger partial charge in [-0.15, -0.1) is 0 Å². The lowest BCUT2D eigenvalue weighted by molar-refractivity contribution is -0.176. The highest BCUT2D eigenvalue weighted by Crippen LogP contribution is 2.16. The molecule has 0 spiro atoms. The molecule has 2 N–H and O–H groups in total. The molecule has 2 rings (SSSR count). The summed E-state index contributed by atoms with van der Waals surface area (Å²) >= 11 is 0. The zero-order valence-electron chi connectivity index (χ0n) is 18.0. The predicted molar refractivity (Wildman–Crippen MR) is 116 cm³/mol. The number of halogens is 3. The van der Waals surface area contributed by atoms with E-state index in [9.17, 15) is 13.2 Å². The number of nitrogens with one attached hydrogen (secondary N) is 2. The second-order valence-electron chi connectivity index (χ2n) is 6.93. The largest absolute Gasteiger partial charge is 0.411 e. The van der Waals surface area contributed by atoms with E-state index in [0.717, 1.165) is 23.2 Å². The summed E-state index contributed by atoms with van der Waals surface area (Å²) in [5, 5.41) is 6.48. The molecular formula is C23H30F3N3O2. The third kappa shape index (κ3) is 10.3. The number of rotatable bonds is 11. The van der Waals surface area contributed by atoms with E-state index in [1.54, 1.807) is 12.1 Å². The number of ether oxygens (including phenoxy) is 2. The summed E-state index contributed by atoms with van der Waals surface area (Å²) < 4.78 is 46.5. The summed E-state index contributed by atoms with van der Waals surface area (Å²) in [4.78, 5) is 4.61. The van der Waals surface area contributed by atoms with E-state index >= 15 is 0 Å². The molecule has 0 saturated carbocycles. The van der Waals surface area contributed by atoms with Gasteiger partial charge in [-0.25, -0.2) is 4.99 Å². The van der Waals surface area contributed by atoms with E-state index in [0.29, 0.717) is 37.8 Å². The van der Waals surface area contributed by atoms with E-state index in [4.69, 9.17) is 4.74 Å². The highest BCUT2D eigenvalue weighted by Gasteiger charge is 2.27. The van der Waals surface area contributed by atoms with Crippen LogP contribution in [0.1, 0.15) is 36.1 Å². The lowest BCUT2D eigenvalue weighted by atomic mass is 10.1. The maximum atomic E-state index is 12.1. The highest BCUT2D eigenvalue weighted by molar-refractivity contribution is 5.79. The fourth-order valence-electron chi connectivity index (χ4n) is 2.70. The van der Waals surface area contributed by atoms with Crippen LogP contribution < -0.4 is 10.6 Å². The third-order valence-corrected chi connectivity index (χ3v) is 4.28. The predicted octanol–water partition coefficient (Wildman–Crippen LogP) is 4.56. The Morgan fingerprint density at radius 3 is 1.90 bits per heavy atom. The Hall–Kier alpha value is -2.58. The number of hydrogen-bond donors (Lipinski definition) is 2. The molecule has 0 amide bonds. The van der Waals surface area contributed by atoms with Crippen LogP contribution in [0.4, 0.5) is 13.2 Å². The van der Waals surface area contributed by atoms with Gasteiger partial charge in [-0.05, 0) is 36.1 Å². The lowest BCUT2D eigenvalue weighted by Gasteiger charge is -2.12. The van der Waals surface area contributed by atoms with Crippen LogP contribution in [-0.4, -0.2) is 31.9 Å². The number of aliphatic imine (C=N–C) groups is 1. The SMILES string of the molecule is CCNC(=NCc1ccc(COCC)cc1)NCc1ccc(COCC(F)(F)F)cc1. The van der Waals surface area contributed by atoms with E-state index < -0.39 is 12.8 Å². The zero-order chi connectivity index (χ0) is 22.5. The average molecular weight is 438 g/mol. The van der Waals surface area contributed by atoms with E-state index in [1.165, 1.54) is 0 Å². The van der Waals surface area contributed by atoms with Crippen LogP contribution in [-0.2, 0) is 35.8 Å². The molecule has 0 aromatic heterocycles. The number of hydrogen-bond acceptors (Lipinski definition) is 3. The monoisotopic (exact) mass is 437 g/mol. The van der Waals surface area contributed by atoms with Gasteiger partial charge in [-0.3, -0.25) is 0 Å². The molecule has 0 aliphatic carbocycles. The number of guanidine groups is 1. The first kappa shape index (κ1) is 24.7. The molecule has 0 fully saturated rings. The Bertz CT molecular complexity index is 791. The quantitative estimate of drug-likeness (QED) is 0.400. The molecule has 0 aliphatic rings. The number of benzene rings is 2. The van der Waals surface area contributed by atoms with Crippen molar-refractivity contribution in [2.24, 2.45) is 4.99 Å². The Morgan fingerprint density at radius 1 is 0.806 bits per heavy atom. The van der Waals surface area contributed by atoms with Crippen LogP contribution >= 0.6 is 0 Å². The van der Waals surface area contributed by atoms with Gasteiger partial charge < -0.3 is 20.1 Å². The second-order valence-corrected chi connectivity index (χ2v) is 6.93. The van der Waals surface area contributed by atoms with Crippen LogP contribution in [0, 0.1) is 0 Å². The van der Waals surface area contributed by atoms with Crippen molar-refractivity contribution < 1.29 is 22.6 Å². The van der Waals surface area contributed by atoms with Gasteiger partial charge in [0.15, 0.2) is 5.96 Å². The van der Waals surface area contributed by atoms with Crippen molar-refractivity contribution in [3.05, 3.63) is 70.8 Å². The first-order valence-corrected chi connectivity index (χ1v) is 10.3. The summed E-state index contributed by atoms with van der Waals surface area (Å²) in [6.07, 6.45) is -4.31. The topological polar surface area (TPSA) is 54.9 Å². The van der Waals surface area contributed by atoms with Gasteiger partial charge in [-0.1, -0.05) is 48.5 Å². The first-order chi connectivity index (χ1) is 14.9. The van der Waals surface area contributed by atoms with Gasteiger partial charge >= 0.3 is 6.18 Å². The molecule has 8 heteroatoms. The third-order valence-electron chi connectivity index (χ3n) is 4.28. The maximum Gasteiger partial charge on any atom is 0.411 e. The Labute approximate surface area is 181 Å². The molecule has 0 heterocycles. The van der Waals surface area contributed by atoms with E-state index in [2.05, 4.69) is 20.4 Å². The Kier molecular flexibility index (Phi) is 10.3. The number of alkyl halides is 3. The summed E-state index contributed by atoms with van der Waals surface area (Å²) in [6, 6.07) is 15.4. The van der Waals surface area contributed by atoms with Crippen molar-refractivity contribution in [3.63, 3.8) is 0 Å². The van der Waals surface area contributed by atoms with Gasteiger partial charge in [0.1, 0.15) is 6.61 Å². The smallest absolute Gasteiger partial charge is 0.377 e. The van der Waals surface area contributed by atoms with Gasteiger partial charge in [-0.2, -0.15) is 13.2 Å². The Balaban J connectivity index is 1.84. The molecule has 0 unspecified atom stereocenters. The van der Waals surface area contributed by atoms with Crippen LogP contribution in [0.15, 0.2) is 53.5 Å². The summed E-state index contributed by atoms with van der Waals surface area (Å²) in [7, 11) is 0. The molecule has 170 valence electrons.